The largest absolute Gasteiger partial charge is 0.320 e. The van der Waals surface area contributed by atoms with Crippen molar-refractivity contribution in [1.29, 1.82) is 0 Å². The van der Waals surface area contributed by atoms with Crippen molar-refractivity contribution < 1.29 is 4.39 Å². The number of alkyl halides is 1. The molecule has 0 atom stereocenters. The van der Waals surface area contributed by atoms with E-state index in [1.807, 2.05) is 7.05 Å². The van der Waals surface area contributed by atoms with Gasteiger partial charge in [0.1, 0.15) is 0 Å². The molecule has 0 aromatic carbocycles. The minimum atomic E-state index is -0.250. The van der Waals surface area contributed by atoms with E-state index in [0.717, 1.165) is 6.54 Å². The highest BCUT2D eigenvalue weighted by molar-refractivity contribution is 4.28. The van der Waals surface area contributed by atoms with Crippen LogP contribution in [0.1, 0.15) is 20.3 Å². The first kappa shape index (κ1) is 10.8. The summed E-state index contributed by atoms with van der Waals surface area (Å²) in [5.74, 6) is 0. The van der Waals surface area contributed by atoms with Gasteiger partial charge in [-0.1, -0.05) is 6.92 Å². The molecule has 0 radical (unpaired) electrons. The van der Waals surface area contributed by atoms with Crippen LogP contribution in [0.25, 0.3) is 0 Å². The van der Waals surface area contributed by atoms with Gasteiger partial charge in [0.2, 0.25) is 0 Å². The van der Waals surface area contributed by atoms with Crippen LogP contribution in [0.2, 0.25) is 0 Å². The van der Waals surface area contributed by atoms with Gasteiger partial charge in [0.05, 0.1) is 6.67 Å². The quantitative estimate of drug-likeness (QED) is 0.585. The molecule has 0 saturated carbocycles. The first-order valence-corrected chi connectivity index (χ1v) is 3.04. The summed E-state index contributed by atoms with van der Waals surface area (Å²) in [5.41, 5.74) is 0. The molecule has 0 aliphatic rings. The Labute approximate surface area is 51.3 Å². The molecule has 0 spiro atoms. The fourth-order valence-corrected chi connectivity index (χ4v) is 0.250. The molecular formula is C6H16FN. The average molecular weight is 121 g/mol. The number of nitrogens with one attached hydrogen (secondary N) is 1. The van der Waals surface area contributed by atoms with E-state index >= 15 is 0 Å². The van der Waals surface area contributed by atoms with Gasteiger partial charge in [-0.15, -0.1) is 0 Å². The van der Waals surface area contributed by atoms with Crippen molar-refractivity contribution in [2.45, 2.75) is 20.3 Å². The topological polar surface area (TPSA) is 12.0 Å². The van der Waals surface area contributed by atoms with Gasteiger partial charge in [-0.2, -0.15) is 0 Å². The van der Waals surface area contributed by atoms with Gasteiger partial charge in [0.15, 0.2) is 0 Å². The summed E-state index contributed by atoms with van der Waals surface area (Å²) in [5, 5.41) is 3.02. The fraction of sp³-hybridized carbons (Fsp3) is 1.00. The molecule has 0 aliphatic heterocycles. The van der Waals surface area contributed by atoms with Crippen molar-refractivity contribution in [3.05, 3.63) is 0 Å². The van der Waals surface area contributed by atoms with Crippen molar-refractivity contribution in [2.75, 3.05) is 20.3 Å². The molecule has 0 rings (SSSR count). The van der Waals surface area contributed by atoms with Gasteiger partial charge in [0.25, 0.3) is 0 Å². The second kappa shape index (κ2) is 15.8. The number of hydrogen-bond acceptors (Lipinski definition) is 1. The third-order valence-corrected chi connectivity index (χ3v) is 0.500. The summed E-state index contributed by atoms with van der Waals surface area (Å²) >= 11 is 0. The van der Waals surface area contributed by atoms with Crippen LogP contribution >= 0.6 is 0 Å². The van der Waals surface area contributed by atoms with Crippen LogP contribution in [0, 0.1) is 0 Å². The highest BCUT2D eigenvalue weighted by Crippen LogP contribution is 1.62. The lowest BCUT2D eigenvalue weighted by molar-refractivity contribution is 0.527. The molecule has 52 valence electrons. The van der Waals surface area contributed by atoms with Crippen LogP contribution in [0.5, 0.6) is 0 Å². The van der Waals surface area contributed by atoms with Gasteiger partial charge in [0, 0.05) is 0 Å². The van der Waals surface area contributed by atoms with Gasteiger partial charge >= 0.3 is 0 Å². The van der Waals surface area contributed by atoms with Crippen LogP contribution in [0.4, 0.5) is 4.39 Å². The zero-order valence-corrected chi connectivity index (χ0v) is 6.00. The lowest BCUT2D eigenvalue weighted by Crippen LogP contribution is -2.04. The van der Waals surface area contributed by atoms with Crippen molar-refractivity contribution in [3.63, 3.8) is 0 Å². The van der Waals surface area contributed by atoms with E-state index in [4.69, 9.17) is 0 Å². The Morgan fingerprint density at radius 1 is 1.38 bits per heavy atom. The van der Waals surface area contributed by atoms with Crippen LogP contribution < -0.4 is 5.32 Å². The number of halogens is 1. The maximum Gasteiger partial charge on any atom is 0.0866 e. The van der Waals surface area contributed by atoms with E-state index in [9.17, 15) is 4.39 Å². The van der Waals surface area contributed by atoms with Gasteiger partial charge in [-0.25, -0.2) is 0 Å². The number of hydrogen-bond donors (Lipinski definition) is 1. The molecule has 0 amide bonds. The summed E-state index contributed by atoms with van der Waals surface area (Å²) in [6, 6.07) is 0. The van der Waals surface area contributed by atoms with Crippen LogP contribution in [0.3, 0.4) is 0 Å². The van der Waals surface area contributed by atoms with E-state index in [2.05, 4.69) is 12.2 Å². The maximum atomic E-state index is 10.3. The predicted molar refractivity (Wildman–Crippen MR) is 35.9 cm³/mol. The van der Waals surface area contributed by atoms with Crippen molar-refractivity contribution >= 4 is 0 Å². The smallest absolute Gasteiger partial charge is 0.0866 e. The summed E-state index contributed by atoms with van der Waals surface area (Å²) in [7, 11) is 1.96. The molecule has 0 bridgehead atoms. The van der Waals surface area contributed by atoms with Gasteiger partial charge in [-0.05, 0) is 26.9 Å². The lowest BCUT2D eigenvalue weighted by atomic mass is 10.5. The Morgan fingerprint density at radius 2 is 1.75 bits per heavy atom. The Morgan fingerprint density at radius 3 is 1.75 bits per heavy atom. The minimum absolute atomic E-state index is 0.250. The summed E-state index contributed by atoms with van der Waals surface area (Å²) < 4.78 is 10.3. The number of rotatable bonds is 2. The van der Waals surface area contributed by atoms with Gasteiger partial charge < -0.3 is 5.32 Å². The average Bonchev–Trinajstić information content (AvgIpc) is 1.71. The maximum absolute atomic E-state index is 10.3. The SMILES string of the molecule is CCCNC.CCF. The normalized spacial score (nSPS) is 7.50. The minimum Gasteiger partial charge on any atom is -0.320 e. The molecule has 0 saturated heterocycles. The fourth-order valence-electron chi connectivity index (χ4n) is 0.250. The Bertz CT molecular complexity index is 22.5. The molecule has 0 heterocycles. The van der Waals surface area contributed by atoms with E-state index in [-0.39, 0.29) is 6.67 Å². The molecule has 1 nitrogen and oxygen atoms in total. The second-order valence-electron chi connectivity index (χ2n) is 1.37. The first-order valence-electron chi connectivity index (χ1n) is 3.04. The molecule has 0 fully saturated rings. The van der Waals surface area contributed by atoms with E-state index in [1.54, 1.807) is 0 Å². The predicted octanol–water partition coefficient (Wildman–Crippen LogP) is 1.59. The van der Waals surface area contributed by atoms with E-state index in [0.29, 0.717) is 0 Å². The Kier molecular flexibility index (Phi) is 21.3. The van der Waals surface area contributed by atoms with Gasteiger partial charge in [-0.3, -0.25) is 4.39 Å². The second-order valence-corrected chi connectivity index (χ2v) is 1.37. The van der Waals surface area contributed by atoms with E-state index < -0.39 is 0 Å². The standard InChI is InChI=1S/C4H11N.C2H5F/c1-3-4-5-2;1-2-3/h5H,3-4H2,1-2H3;2H2,1H3. The molecule has 0 aromatic heterocycles. The molecule has 1 N–H and O–H groups in total. The first-order chi connectivity index (χ1) is 3.83. The third kappa shape index (κ3) is 39.4. The highest BCUT2D eigenvalue weighted by Gasteiger charge is 1.64. The Hall–Kier alpha value is -0.110. The van der Waals surface area contributed by atoms with Crippen LogP contribution in [-0.4, -0.2) is 20.3 Å². The monoisotopic (exact) mass is 121 g/mol. The zero-order valence-electron chi connectivity index (χ0n) is 6.00. The third-order valence-electron chi connectivity index (χ3n) is 0.500. The van der Waals surface area contributed by atoms with Crippen molar-refractivity contribution in [1.82, 2.24) is 5.32 Å². The highest BCUT2D eigenvalue weighted by atomic mass is 19.1. The molecular weight excluding hydrogens is 105 g/mol. The molecule has 2 heteroatoms. The molecule has 0 unspecified atom stereocenters. The summed E-state index contributed by atoms with van der Waals surface area (Å²) in [6.07, 6.45) is 1.23. The zero-order chi connectivity index (χ0) is 6.83. The Balaban J connectivity index is 0. The lowest BCUT2D eigenvalue weighted by Gasteiger charge is -1.84. The summed E-state index contributed by atoms with van der Waals surface area (Å²) in [6.45, 7) is 4.50. The van der Waals surface area contributed by atoms with Crippen molar-refractivity contribution in [2.24, 2.45) is 0 Å². The van der Waals surface area contributed by atoms with Crippen molar-refractivity contribution in [3.8, 4) is 0 Å². The van der Waals surface area contributed by atoms with E-state index in [1.165, 1.54) is 13.3 Å². The van der Waals surface area contributed by atoms with Crippen LogP contribution in [-0.2, 0) is 0 Å². The molecule has 0 aliphatic carbocycles. The summed E-state index contributed by atoms with van der Waals surface area (Å²) in [4.78, 5) is 0. The molecule has 8 heavy (non-hydrogen) atoms. The van der Waals surface area contributed by atoms with Crippen LogP contribution in [0.15, 0.2) is 0 Å². The molecule has 0 aromatic rings.